The molecule has 2 aliphatic heterocycles. The molecule has 1 aromatic carbocycles. The van der Waals surface area contributed by atoms with Gasteiger partial charge in [0, 0.05) is 56.6 Å². The van der Waals surface area contributed by atoms with E-state index in [2.05, 4.69) is 16.5 Å². The molecular weight excluding hydrogens is 512 g/mol. The van der Waals surface area contributed by atoms with E-state index in [0.717, 1.165) is 55.1 Å². The SMILES string of the molecule is Cc1cn2nc(C3CCCCN3C(=O)c3cc(Cl)ccc3NS(=O)N(C)C)cc2nc1N1CCCC1.N. The summed E-state index contributed by atoms with van der Waals surface area (Å²) in [4.78, 5) is 23.0. The van der Waals surface area contributed by atoms with Crippen molar-refractivity contribution in [3.63, 3.8) is 0 Å². The topological polar surface area (TPSA) is 121 Å². The summed E-state index contributed by atoms with van der Waals surface area (Å²) in [5.74, 6) is 0.867. The zero-order valence-corrected chi connectivity index (χ0v) is 23.2. The fourth-order valence-corrected chi connectivity index (χ4v) is 5.76. The molecule has 0 bridgehead atoms. The number of anilines is 2. The number of rotatable bonds is 6. The van der Waals surface area contributed by atoms with Crippen LogP contribution in [0, 0.1) is 6.92 Å². The van der Waals surface area contributed by atoms with Crippen LogP contribution in [0.25, 0.3) is 5.65 Å². The summed E-state index contributed by atoms with van der Waals surface area (Å²) in [6.07, 6.45) is 7.17. The number of carbonyl (C=O) groups is 1. The second-order valence-corrected chi connectivity index (χ2v) is 11.5. The summed E-state index contributed by atoms with van der Waals surface area (Å²) in [7, 11) is 3.41. The normalized spacial score (nSPS) is 18.8. The van der Waals surface area contributed by atoms with Crippen molar-refractivity contribution in [1.82, 2.24) is 30.0 Å². The van der Waals surface area contributed by atoms with Crippen LogP contribution in [-0.4, -0.2) is 67.6 Å². The van der Waals surface area contributed by atoms with Crippen molar-refractivity contribution in [1.29, 1.82) is 0 Å². The van der Waals surface area contributed by atoms with Crippen LogP contribution < -0.4 is 15.8 Å². The van der Waals surface area contributed by atoms with Crippen molar-refractivity contribution < 1.29 is 9.00 Å². The number of carbonyl (C=O) groups excluding carboxylic acids is 1. The molecule has 2 unspecified atom stereocenters. The lowest BCUT2D eigenvalue weighted by Gasteiger charge is -2.35. The van der Waals surface area contributed by atoms with Crippen LogP contribution in [0.5, 0.6) is 0 Å². The number of amides is 1. The smallest absolute Gasteiger partial charge is 0.256 e. The average Bonchev–Trinajstić information content (AvgIpc) is 3.54. The second-order valence-electron chi connectivity index (χ2n) is 9.68. The van der Waals surface area contributed by atoms with Crippen molar-refractivity contribution in [2.75, 3.05) is 43.4 Å². The molecule has 0 spiro atoms. The molecule has 10 nitrogen and oxygen atoms in total. The first kappa shape index (κ1) is 27.3. The lowest BCUT2D eigenvalue weighted by molar-refractivity contribution is 0.0607. The maximum absolute atomic E-state index is 13.9. The van der Waals surface area contributed by atoms with Crippen molar-refractivity contribution in [2.24, 2.45) is 0 Å². The zero-order valence-electron chi connectivity index (χ0n) is 21.6. The van der Waals surface area contributed by atoms with Gasteiger partial charge in [-0.15, -0.1) is 0 Å². The van der Waals surface area contributed by atoms with E-state index in [1.54, 1.807) is 32.3 Å². The molecule has 200 valence electrons. The first-order valence-electron chi connectivity index (χ1n) is 12.4. The van der Waals surface area contributed by atoms with Gasteiger partial charge in [0.2, 0.25) is 0 Å². The molecule has 2 atom stereocenters. The third-order valence-corrected chi connectivity index (χ3v) is 8.17. The van der Waals surface area contributed by atoms with Gasteiger partial charge in [-0.1, -0.05) is 11.6 Å². The molecule has 0 saturated carbocycles. The molecule has 37 heavy (non-hydrogen) atoms. The van der Waals surface area contributed by atoms with Crippen molar-refractivity contribution in [2.45, 2.75) is 45.1 Å². The van der Waals surface area contributed by atoms with E-state index < -0.39 is 11.2 Å². The molecule has 0 radical (unpaired) electrons. The van der Waals surface area contributed by atoms with Crippen molar-refractivity contribution >= 4 is 45.8 Å². The van der Waals surface area contributed by atoms with Crippen LogP contribution in [-0.2, 0) is 11.2 Å². The Labute approximate surface area is 225 Å². The predicted octanol–water partition coefficient (Wildman–Crippen LogP) is 4.37. The summed E-state index contributed by atoms with van der Waals surface area (Å²) in [6.45, 7) is 4.75. The van der Waals surface area contributed by atoms with Gasteiger partial charge in [-0.3, -0.25) is 9.52 Å². The number of likely N-dealkylation sites (tertiary alicyclic amines) is 1. The summed E-state index contributed by atoms with van der Waals surface area (Å²) >= 11 is 4.80. The number of nitrogens with one attached hydrogen (secondary N) is 1. The number of hydrogen-bond acceptors (Lipinski definition) is 6. The zero-order chi connectivity index (χ0) is 25.4. The second kappa shape index (κ2) is 11.3. The molecular formula is C25H35ClN8O2S. The van der Waals surface area contributed by atoms with E-state index in [0.29, 0.717) is 22.8 Å². The van der Waals surface area contributed by atoms with Gasteiger partial charge < -0.3 is 16.0 Å². The van der Waals surface area contributed by atoms with Crippen LogP contribution in [0.2, 0.25) is 5.02 Å². The number of piperidine rings is 1. The Bertz CT molecular complexity index is 1310. The molecule has 2 saturated heterocycles. The Hall–Kier alpha value is -2.73. The van der Waals surface area contributed by atoms with Crippen LogP contribution in [0.3, 0.4) is 0 Å². The Morgan fingerprint density at radius 2 is 1.86 bits per heavy atom. The standard InChI is InChI=1S/C25H32ClN7O2S.H3N/c1-17-16-33-23(27-24(17)31-11-6-7-12-31)15-21(28-33)22-8-4-5-13-32(22)25(34)19-14-18(26)9-10-20(19)29-36(35)30(2)3;/h9-10,14-16,22,29H,4-8,11-13H2,1-3H3;1H3. The van der Waals surface area contributed by atoms with Crippen molar-refractivity contribution in [3.05, 3.63) is 52.3 Å². The number of aryl methyl sites for hydroxylation is 1. The molecule has 4 N–H and O–H groups in total. The van der Waals surface area contributed by atoms with Gasteiger partial charge in [0.15, 0.2) is 16.8 Å². The predicted molar refractivity (Wildman–Crippen MR) is 149 cm³/mol. The first-order chi connectivity index (χ1) is 17.3. The van der Waals surface area contributed by atoms with Crippen LogP contribution in [0.15, 0.2) is 30.5 Å². The highest BCUT2D eigenvalue weighted by atomic mass is 35.5. The van der Waals surface area contributed by atoms with Crippen molar-refractivity contribution in [3.8, 4) is 0 Å². The van der Waals surface area contributed by atoms with Gasteiger partial charge in [-0.05, 0) is 57.2 Å². The average molecular weight is 547 g/mol. The van der Waals surface area contributed by atoms with E-state index in [-0.39, 0.29) is 18.1 Å². The summed E-state index contributed by atoms with van der Waals surface area (Å²) in [5, 5.41) is 5.30. The van der Waals surface area contributed by atoms with Crippen LogP contribution in [0.4, 0.5) is 11.5 Å². The monoisotopic (exact) mass is 546 g/mol. The number of aromatic nitrogens is 3. The minimum atomic E-state index is -1.48. The quantitative estimate of drug-likeness (QED) is 0.473. The first-order valence-corrected chi connectivity index (χ1v) is 13.9. The molecule has 3 aromatic rings. The molecule has 2 fully saturated rings. The van der Waals surface area contributed by atoms with Gasteiger partial charge in [0.1, 0.15) is 5.82 Å². The summed E-state index contributed by atoms with van der Waals surface area (Å²) < 4.78 is 18.7. The number of halogens is 1. The van der Waals surface area contributed by atoms with Gasteiger partial charge in [0.25, 0.3) is 5.91 Å². The number of hydrogen-bond donors (Lipinski definition) is 2. The minimum Gasteiger partial charge on any atom is -0.356 e. The Balaban J connectivity index is 0.00000320. The summed E-state index contributed by atoms with van der Waals surface area (Å²) in [5.41, 5.74) is 3.62. The minimum absolute atomic E-state index is 0. The van der Waals surface area contributed by atoms with E-state index in [1.807, 2.05) is 21.7 Å². The largest absolute Gasteiger partial charge is 0.356 e. The third-order valence-electron chi connectivity index (χ3n) is 6.88. The Morgan fingerprint density at radius 3 is 2.59 bits per heavy atom. The highest BCUT2D eigenvalue weighted by Crippen LogP contribution is 2.34. The van der Waals surface area contributed by atoms with Crippen LogP contribution in [0.1, 0.15) is 59.8 Å². The van der Waals surface area contributed by atoms with E-state index >= 15 is 0 Å². The van der Waals surface area contributed by atoms with E-state index in [9.17, 15) is 9.00 Å². The molecule has 5 rings (SSSR count). The Kier molecular flexibility index (Phi) is 8.37. The molecule has 0 aliphatic carbocycles. The highest BCUT2D eigenvalue weighted by Gasteiger charge is 2.32. The summed E-state index contributed by atoms with van der Waals surface area (Å²) in [6, 6.07) is 6.87. The lowest BCUT2D eigenvalue weighted by Crippen LogP contribution is -2.39. The fourth-order valence-electron chi connectivity index (χ4n) is 5.04. The van der Waals surface area contributed by atoms with E-state index in [4.69, 9.17) is 21.7 Å². The fraction of sp³-hybridized carbons (Fsp3) is 0.480. The maximum atomic E-state index is 13.9. The maximum Gasteiger partial charge on any atom is 0.256 e. The van der Waals surface area contributed by atoms with E-state index in [1.165, 1.54) is 17.1 Å². The molecule has 4 heterocycles. The third kappa shape index (κ3) is 5.59. The highest BCUT2D eigenvalue weighted by molar-refractivity contribution is 7.84. The molecule has 2 aliphatic rings. The van der Waals surface area contributed by atoms with Gasteiger partial charge >= 0.3 is 0 Å². The van der Waals surface area contributed by atoms with Gasteiger partial charge in [-0.25, -0.2) is 18.0 Å². The number of nitrogens with zero attached hydrogens (tertiary/aromatic N) is 6. The molecule has 1 amide bonds. The molecule has 2 aromatic heterocycles. The number of fused-ring (bicyclic) bond motifs is 1. The Morgan fingerprint density at radius 1 is 1.14 bits per heavy atom. The van der Waals surface area contributed by atoms with Gasteiger partial charge in [-0.2, -0.15) is 5.10 Å². The van der Waals surface area contributed by atoms with Crippen LogP contribution >= 0.6 is 11.6 Å². The van der Waals surface area contributed by atoms with Gasteiger partial charge in [0.05, 0.1) is 23.0 Å². The molecule has 12 heteroatoms. The number of benzene rings is 1. The lowest BCUT2D eigenvalue weighted by atomic mass is 9.98.